The number of pyridine rings is 1. The van der Waals surface area contributed by atoms with Gasteiger partial charge in [0.25, 0.3) is 0 Å². The van der Waals surface area contributed by atoms with E-state index in [0.717, 1.165) is 44.2 Å². The second kappa shape index (κ2) is 8.84. The summed E-state index contributed by atoms with van der Waals surface area (Å²) in [7, 11) is 0. The molecule has 0 radical (unpaired) electrons. The van der Waals surface area contributed by atoms with Gasteiger partial charge in [-0.25, -0.2) is 0 Å². The maximum absolute atomic E-state index is 12.2. The van der Waals surface area contributed by atoms with Gasteiger partial charge in [-0.05, 0) is 61.8 Å². The molecule has 3 rings (SSSR count). The van der Waals surface area contributed by atoms with Crippen molar-refractivity contribution in [2.45, 2.75) is 63.8 Å². The average Bonchev–Trinajstić information content (AvgIpc) is 2.68. The van der Waals surface area contributed by atoms with Gasteiger partial charge >= 0.3 is 0 Å². The molecule has 26 heavy (non-hydrogen) atoms. The molecule has 1 aromatic heterocycles. The van der Waals surface area contributed by atoms with Gasteiger partial charge < -0.3 is 10.4 Å². The van der Waals surface area contributed by atoms with Gasteiger partial charge in [-0.2, -0.15) is 0 Å². The van der Waals surface area contributed by atoms with Crippen molar-refractivity contribution in [3.05, 3.63) is 59.4 Å². The molecule has 1 saturated carbocycles. The highest BCUT2D eigenvalue weighted by atomic mass is 16.3. The monoisotopic (exact) mass is 352 g/mol. The molecule has 1 fully saturated rings. The molecule has 138 valence electrons. The Labute approximate surface area is 155 Å². The predicted octanol–water partition coefficient (Wildman–Crippen LogP) is 4.12. The molecule has 1 aromatic carbocycles. The minimum absolute atomic E-state index is 0.149. The fraction of sp³-hybridized carbons (Fsp3) is 0.455. The normalized spacial score (nSPS) is 19.9. The first kappa shape index (κ1) is 18.4. The fourth-order valence-corrected chi connectivity index (χ4v) is 3.67. The molecule has 1 heterocycles. The average molecular weight is 352 g/mol. The second-order valence-electron chi connectivity index (χ2n) is 7.23. The van der Waals surface area contributed by atoms with Crippen LogP contribution < -0.4 is 5.32 Å². The van der Waals surface area contributed by atoms with Crippen molar-refractivity contribution in [1.82, 2.24) is 10.3 Å². The van der Waals surface area contributed by atoms with E-state index in [-0.39, 0.29) is 17.7 Å². The van der Waals surface area contributed by atoms with Crippen LogP contribution in [0, 0.1) is 0 Å². The lowest BCUT2D eigenvalue weighted by Gasteiger charge is -2.28. The van der Waals surface area contributed by atoms with E-state index in [1.807, 2.05) is 6.07 Å². The number of carbonyl (C=O) groups excluding carboxylic acids is 1. The predicted molar refractivity (Wildman–Crippen MR) is 103 cm³/mol. The van der Waals surface area contributed by atoms with Crippen molar-refractivity contribution in [3.63, 3.8) is 0 Å². The zero-order valence-corrected chi connectivity index (χ0v) is 15.4. The number of amides is 1. The molecule has 4 nitrogen and oxygen atoms in total. The van der Waals surface area contributed by atoms with E-state index in [1.165, 1.54) is 17.3 Å². The maximum Gasteiger partial charge on any atom is 0.220 e. The molecule has 1 amide bonds. The number of hydrogen-bond acceptors (Lipinski definition) is 3. The first-order chi connectivity index (χ1) is 12.6. The molecule has 4 heteroatoms. The molecular formula is C22H28N2O2. The summed E-state index contributed by atoms with van der Waals surface area (Å²) in [6.07, 6.45) is 7.93. The van der Waals surface area contributed by atoms with E-state index in [9.17, 15) is 9.90 Å². The van der Waals surface area contributed by atoms with Gasteiger partial charge in [0, 0.05) is 24.1 Å². The molecule has 0 unspecified atom stereocenters. The Hall–Kier alpha value is -2.36. The van der Waals surface area contributed by atoms with E-state index in [4.69, 9.17) is 0 Å². The second-order valence-corrected chi connectivity index (χ2v) is 7.23. The van der Waals surface area contributed by atoms with E-state index < -0.39 is 0 Å². The van der Waals surface area contributed by atoms with E-state index in [1.54, 1.807) is 6.07 Å². The number of aromatic nitrogens is 1. The topological polar surface area (TPSA) is 62.2 Å². The summed E-state index contributed by atoms with van der Waals surface area (Å²) < 4.78 is 0. The highest BCUT2D eigenvalue weighted by Gasteiger charge is 2.24. The van der Waals surface area contributed by atoms with Crippen LogP contribution >= 0.6 is 0 Å². The first-order valence-electron chi connectivity index (χ1n) is 9.66. The summed E-state index contributed by atoms with van der Waals surface area (Å²) in [5, 5.41) is 12.5. The van der Waals surface area contributed by atoms with Crippen LogP contribution in [-0.2, 0) is 17.6 Å². The van der Waals surface area contributed by atoms with Crippen molar-refractivity contribution < 1.29 is 9.90 Å². The third-order valence-electron chi connectivity index (χ3n) is 5.35. The van der Waals surface area contributed by atoms with Crippen LogP contribution in [0.2, 0.25) is 0 Å². The van der Waals surface area contributed by atoms with Crippen molar-refractivity contribution in [2.75, 3.05) is 0 Å². The van der Waals surface area contributed by atoms with Crippen LogP contribution in [0.15, 0.2) is 42.6 Å². The number of nitrogens with zero attached hydrogens (tertiary/aromatic N) is 1. The van der Waals surface area contributed by atoms with Crippen molar-refractivity contribution in [3.8, 4) is 5.75 Å². The third kappa shape index (κ3) is 5.07. The Bertz CT molecular complexity index is 702. The Morgan fingerprint density at radius 3 is 2.38 bits per heavy atom. The lowest BCUT2D eigenvalue weighted by molar-refractivity contribution is -0.122. The van der Waals surface area contributed by atoms with Crippen LogP contribution in [0.4, 0.5) is 0 Å². The molecule has 1 aliphatic rings. The van der Waals surface area contributed by atoms with Gasteiger partial charge in [0.1, 0.15) is 5.75 Å². The number of hydrogen-bond donors (Lipinski definition) is 2. The number of aryl methyl sites for hydroxylation is 2. The summed E-state index contributed by atoms with van der Waals surface area (Å²) >= 11 is 0. The Kier molecular flexibility index (Phi) is 6.26. The summed E-state index contributed by atoms with van der Waals surface area (Å²) in [5.41, 5.74) is 3.60. The zero-order valence-electron chi connectivity index (χ0n) is 15.4. The van der Waals surface area contributed by atoms with Crippen LogP contribution in [0.25, 0.3) is 0 Å². The SMILES string of the molecule is CCc1ccc(CCC(=O)NC2CCC(c3ccc(O)cn3)CC2)cc1. The quantitative estimate of drug-likeness (QED) is 0.822. The number of rotatable bonds is 6. The van der Waals surface area contributed by atoms with E-state index >= 15 is 0 Å². The van der Waals surface area contributed by atoms with Crippen molar-refractivity contribution in [1.29, 1.82) is 0 Å². The number of nitrogens with one attached hydrogen (secondary N) is 1. The molecule has 2 aromatic rings. The Morgan fingerprint density at radius 2 is 1.77 bits per heavy atom. The van der Waals surface area contributed by atoms with Gasteiger partial charge in [-0.3, -0.25) is 9.78 Å². The molecule has 2 N–H and O–H groups in total. The lowest BCUT2D eigenvalue weighted by Crippen LogP contribution is -2.37. The van der Waals surface area contributed by atoms with Crippen LogP contribution in [0.5, 0.6) is 5.75 Å². The summed E-state index contributed by atoms with van der Waals surface area (Å²) in [4.78, 5) is 16.6. The van der Waals surface area contributed by atoms with E-state index in [2.05, 4.69) is 41.5 Å². The molecule has 0 saturated heterocycles. The largest absolute Gasteiger partial charge is 0.506 e. The summed E-state index contributed by atoms with van der Waals surface area (Å²) in [6, 6.07) is 12.4. The number of benzene rings is 1. The minimum Gasteiger partial charge on any atom is -0.506 e. The summed E-state index contributed by atoms with van der Waals surface area (Å²) in [6.45, 7) is 2.15. The maximum atomic E-state index is 12.2. The zero-order chi connectivity index (χ0) is 18.4. The molecule has 0 bridgehead atoms. The molecule has 1 aliphatic carbocycles. The minimum atomic E-state index is 0.149. The van der Waals surface area contributed by atoms with Crippen LogP contribution in [-0.4, -0.2) is 22.0 Å². The third-order valence-corrected chi connectivity index (χ3v) is 5.35. The first-order valence-corrected chi connectivity index (χ1v) is 9.66. The standard InChI is InChI=1S/C22H28N2O2/c1-2-16-3-5-17(6-4-16)7-14-22(26)24-19-10-8-18(9-11-19)21-13-12-20(25)15-23-21/h3-6,12-13,15,18-19,25H,2,7-11,14H2,1H3,(H,24,26). The van der Waals surface area contributed by atoms with Crippen LogP contribution in [0.3, 0.4) is 0 Å². The smallest absolute Gasteiger partial charge is 0.220 e. The molecule has 0 aliphatic heterocycles. The lowest BCUT2D eigenvalue weighted by atomic mass is 9.84. The van der Waals surface area contributed by atoms with Gasteiger partial charge in [0.05, 0.1) is 6.20 Å². The Balaban J connectivity index is 1.40. The van der Waals surface area contributed by atoms with Gasteiger partial charge in [0.15, 0.2) is 0 Å². The van der Waals surface area contributed by atoms with Gasteiger partial charge in [-0.1, -0.05) is 31.2 Å². The van der Waals surface area contributed by atoms with Crippen molar-refractivity contribution >= 4 is 5.91 Å². The van der Waals surface area contributed by atoms with E-state index in [0.29, 0.717) is 12.3 Å². The molecule has 0 atom stereocenters. The molecular weight excluding hydrogens is 324 g/mol. The Morgan fingerprint density at radius 1 is 1.08 bits per heavy atom. The highest BCUT2D eigenvalue weighted by Crippen LogP contribution is 2.32. The highest BCUT2D eigenvalue weighted by molar-refractivity contribution is 5.76. The fourth-order valence-electron chi connectivity index (χ4n) is 3.67. The summed E-state index contributed by atoms with van der Waals surface area (Å²) in [5.74, 6) is 0.788. The molecule has 0 spiro atoms. The van der Waals surface area contributed by atoms with Gasteiger partial charge in [-0.15, -0.1) is 0 Å². The van der Waals surface area contributed by atoms with Crippen LogP contribution in [0.1, 0.15) is 61.8 Å². The van der Waals surface area contributed by atoms with Gasteiger partial charge in [0.2, 0.25) is 5.91 Å². The number of aromatic hydroxyl groups is 1. The number of carbonyl (C=O) groups is 1. The van der Waals surface area contributed by atoms with Crippen molar-refractivity contribution in [2.24, 2.45) is 0 Å².